The molecule has 0 bridgehead atoms. The molecule has 0 radical (unpaired) electrons. The van der Waals surface area contributed by atoms with Gasteiger partial charge in [-0.1, -0.05) is 0 Å². The van der Waals surface area contributed by atoms with Crippen molar-refractivity contribution in [3.8, 4) is 0 Å². The van der Waals surface area contributed by atoms with Crippen molar-refractivity contribution >= 4 is 21.3 Å². The van der Waals surface area contributed by atoms with Gasteiger partial charge in [0.2, 0.25) is 0 Å². The predicted molar refractivity (Wildman–Crippen MR) is 21.5 cm³/mol. The van der Waals surface area contributed by atoms with Crippen molar-refractivity contribution in [3.05, 3.63) is 0 Å². The van der Waals surface area contributed by atoms with E-state index in [9.17, 15) is 3.80 Å². The third kappa shape index (κ3) is 3.60. The molecule has 0 atom stereocenters. The maximum absolute atomic E-state index is 9.49. The summed E-state index contributed by atoms with van der Waals surface area (Å²) >= 11 is -1.10. The number of hydrogen-bond acceptors (Lipinski definition) is 2. The van der Waals surface area contributed by atoms with Gasteiger partial charge in [0.1, 0.15) is 0 Å². The summed E-state index contributed by atoms with van der Waals surface area (Å²) in [4.78, 5) is 0. The Kier molecular flexibility index (Phi) is 2.63. The van der Waals surface area contributed by atoms with Crippen LogP contribution in [0.1, 0.15) is 0 Å². The number of hydrogen-bond donors (Lipinski definition) is 3. The second-order valence-electron chi connectivity index (χ2n) is 0.676. The van der Waals surface area contributed by atoms with E-state index in [0.717, 1.165) is 0 Å². The molecule has 6 heavy (non-hydrogen) atoms. The summed E-state index contributed by atoms with van der Waals surface area (Å²) in [6.45, 7) is 0. The standard InChI is InChI=1S/CH4N3.Al.O/c2-1(3)4;;/h(H4-,2,3,4);;/q-1;+1;. The van der Waals surface area contributed by atoms with Gasteiger partial charge in [0.05, 0.1) is 0 Å². The van der Waals surface area contributed by atoms with Gasteiger partial charge in [0.25, 0.3) is 0 Å². The van der Waals surface area contributed by atoms with E-state index in [4.69, 9.17) is 11.1 Å². The van der Waals surface area contributed by atoms with Gasteiger partial charge in [0.15, 0.2) is 0 Å². The molecule has 0 amide bonds. The van der Waals surface area contributed by atoms with E-state index in [2.05, 4.69) is 4.30 Å². The first kappa shape index (κ1) is 5.60. The van der Waals surface area contributed by atoms with Crippen molar-refractivity contribution in [2.75, 3.05) is 0 Å². The summed E-state index contributed by atoms with van der Waals surface area (Å²) in [6.07, 6.45) is 0. The van der Waals surface area contributed by atoms with Crippen molar-refractivity contribution in [2.45, 2.75) is 0 Å². The predicted octanol–water partition coefficient (Wildman–Crippen LogP) is -1.57. The molecule has 0 saturated heterocycles. The van der Waals surface area contributed by atoms with Crippen LogP contribution < -0.4 is 10.0 Å². The number of nitrogens with one attached hydrogen (secondary N) is 2. The third-order valence-corrected chi connectivity index (χ3v) is 0.643. The summed E-state index contributed by atoms with van der Waals surface area (Å²) in [5, 5.41) is 6.38. The van der Waals surface area contributed by atoms with Crippen LogP contribution in [0.2, 0.25) is 0 Å². The van der Waals surface area contributed by atoms with Crippen molar-refractivity contribution in [1.29, 1.82) is 5.41 Å². The molecule has 0 aromatic carbocycles. The second-order valence-corrected chi connectivity index (χ2v) is 1.20. The Morgan fingerprint density at radius 1 is 2.00 bits per heavy atom. The second kappa shape index (κ2) is 2.82. The Bertz CT molecular complexity index is 71.2. The van der Waals surface area contributed by atoms with Crippen LogP contribution in [-0.4, -0.2) is 21.3 Å². The van der Waals surface area contributed by atoms with Crippen LogP contribution in [0.5, 0.6) is 0 Å². The van der Waals surface area contributed by atoms with Crippen LogP contribution >= 0.6 is 0 Å². The van der Waals surface area contributed by atoms with E-state index in [1.54, 1.807) is 0 Å². The molecule has 0 unspecified atom stereocenters. The van der Waals surface area contributed by atoms with Gasteiger partial charge in [-0.05, 0) is 0 Å². The molecule has 0 aromatic heterocycles. The maximum atomic E-state index is 9.49. The van der Waals surface area contributed by atoms with Gasteiger partial charge in [0, 0.05) is 0 Å². The Morgan fingerprint density at radius 3 is 2.50 bits per heavy atom. The molecule has 4 N–H and O–H groups in total. The summed E-state index contributed by atoms with van der Waals surface area (Å²) in [5.41, 5.74) is 4.70. The zero-order valence-electron chi connectivity index (χ0n) is 3.06. The van der Waals surface area contributed by atoms with Gasteiger partial charge in [-0.2, -0.15) is 0 Å². The fourth-order valence-electron chi connectivity index (χ4n) is 0.0635. The molecule has 0 aromatic rings. The summed E-state index contributed by atoms with van der Waals surface area (Å²) in [7, 11) is 0. The van der Waals surface area contributed by atoms with Crippen LogP contribution in [0.3, 0.4) is 0 Å². The molecule has 0 aliphatic rings. The molecule has 5 heteroatoms. The minimum atomic E-state index is -1.10. The van der Waals surface area contributed by atoms with Gasteiger partial charge in [-0.3, -0.25) is 0 Å². The first-order chi connectivity index (χ1) is 2.77. The zero-order valence-corrected chi connectivity index (χ0v) is 4.22. The molecular weight excluding hydrogens is 97.0 g/mol. The van der Waals surface area contributed by atoms with E-state index in [1.807, 2.05) is 0 Å². The quantitative estimate of drug-likeness (QED) is 0.212. The third-order valence-electron chi connectivity index (χ3n) is 0.214. The summed E-state index contributed by atoms with van der Waals surface area (Å²) in [6, 6.07) is 0. The molecule has 4 nitrogen and oxygen atoms in total. The Morgan fingerprint density at radius 2 is 2.50 bits per heavy atom. The molecule has 0 fully saturated rings. The van der Waals surface area contributed by atoms with Crippen LogP contribution in [0.15, 0.2) is 0 Å². The Labute approximate surface area is 41.4 Å². The molecular formula is CH4AlN3O. The van der Waals surface area contributed by atoms with Gasteiger partial charge < -0.3 is 0 Å². The first-order valence-electron chi connectivity index (χ1n) is 1.31. The van der Waals surface area contributed by atoms with Crippen LogP contribution in [0, 0.1) is 5.41 Å². The van der Waals surface area contributed by atoms with Gasteiger partial charge in [-0.15, -0.1) is 0 Å². The average Bonchev–Trinajstić information content (AvgIpc) is 1.35. The Hall–Kier alpha value is -0.398. The fraction of sp³-hybridized carbons (Fsp3) is 0. The average molecular weight is 101 g/mol. The summed E-state index contributed by atoms with van der Waals surface area (Å²) < 4.78 is 11.6. The first-order valence-corrected chi connectivity index (χ1v) is 2.36. The normalized spacial score (nSPS) is 6.00. The van der Waals surface area contributed by atoms with Crippen LogP contribution in [0.4, 0.5) is 0 Å². The van der Waals surface area contributed by atoms with Gasteiger partial charge in [-0.25, -0.2) is 0 Å². The van der Waals surface area contributed by atoms with Crippen molar-refractivity contribution in [2.24, 2.45) is 5.73 Å². The number of guanidine groups is 1. The summed E-state index contributed by atoms with van der Waals surface area (Å²) in [5.74, 6) is -0.236. The van der Waals surface area contributed by atoms with E-state index in [-0.39, 0.29) is 5.96 Å². The molecule has 0 heterocycles. The fourth-order valence-corrected chi connectivity index (χ4v) is 0.190. The molecule has 0 saturated carbocycles. The molecule has 0 aliphatic carbocycles. The zero-order chi connectivity index (χ0) is 4.99. The van der Waals surface area contributed by atoms with Crippen molar-refractivity contribution in [3.63, 3.8) is 0 Å². The van der Waals surface area contributed by atoms with E-state index in [1.165, 1.54) is 0 Å². The molecule has 0 rings (SSSR count). The van der Waals surface area contributed by atoms with Crippen LogP contribution in [-0.2, 0) is 3.80 Å². The molecule has 32 valence electrons. The van der Waals surface area contributed by atoms with E-state index < -0.39 is 15.4 Å². The van der Waals surface area contributed by atoms with E-state index in [0.29, 0.717) is 0 Å². The van der Waals surface area contributed by atoms with Crippen molar-refractivity contribution in [1.82, 2.24) is 4.30 Å². The molecule has 0 spiro atoms. The van der Waals surface area contributed by atoms with E-state index >= 15 is 0 Å². The minimum absolute atomic E-state index is 0.236. The van der Waals surface area contributed by atoms with Gasteiger partial charge >= 0.3 is 40.6 Å². The monoisotopic (exact) mass is 101 g/mol. The topological polar surface area (TPSA) is 79.0 Å². The van der Waals surface area contributed by atoms with Crippen LogP contribution in [0.25, 0.3) is 0 Å². The Balaban J connectivity index is 3.05. The number of rotatable bonds is 1. The van der Waals surface area contributed by atoms with Crippen molar-refractivity contribution < 1.29 is 3.80 Å². The SMILES string of the molecule is N=C(N)[NH][Al]=[O]. The molecule has 0 aliphatic heterocycles. The number of nitrogens with two attached hydrogens (primary N) is 1.